The van der Waals surface area contributed by atoms with Gasteiger partial charge in [-0.3, -0.25) is 9.10 Å². The molecular weight excluding hydrogens is 538 g/mol. The Morgan fingerprint density at radius 3 is 2.46 bits per heavy atom. The number of hydrazone groups is 1. The third kappa shape index (κ3) is 6.52. The smallest absolute Gasteiger partial charge is 0.264 e. The summed E-state index contributed by atoms with van der Waals surface area (Å²) in [7, 11) is -2.63. The van der Waals surface area contributed by atoms with Crippen LogP contribution >= 0.6 is 15.9 Å². The van der Waals surface area contributed by atoms with E-state index in [9.17, 15) is 18.3 Å². The Labute approximate surface area is 212 Å². The van der Waals surface area contributed by atoms with E-state index in [2.05, 4.69) is 26.5 Å². The van der Waals surface area contributed by atoms with Crippen molar-refractivity contribution in [1.82, 2.24) is 5.43 Å². The lowest BCUT2D eigenvalue weighted by Crippen LogP contribution is -2.39. The van der Waals surface area contributed by atoms with Gasteiger partial charge in [-0.15, -0.1) is 0 Å². The second-order valence-electron chi connectivity index (χ2n) is 7.10. The molecule has 2 N–H and O–H groups in total. The van der Waals surface area contributed by atoms with Crippen LogP contribution in [0.4, 0.5) is 5.69 Å². The Morgan fingerprint density at radius 2 is 1.83 bits per heavy atom. The van der Waals surface area contributed by atoms with Gasteiger partial charge in [-0.1, -0.05) is 18.2 Å². The summed E-state index contributed by atoms with van der Waals surface area (Å²) in [5.41, 5.74) is 3.17. The fourth-order valence-electron chi connectivity index (χ4n) is 3.08. The number of hydrogen-bond donors (Lipinski definition) is 2. The van der Waals surface area contributed by atoms with Crippen LogP contribution in [0, 0.1) is 0 Å². The number of nitrogens with zero attached hydrogens (tertiary/aromatic N) is 2. The Bertz CT molecular complexity index is 1300. The average Bonchev–Trinajstić information content (AvgIpc) is 2.86. The molecule has 35 heavy (non-hydrogen) atoms. The maximum atomic E-state index is 13.3. The molecule has 0 aliphatic rings. The number of hydrogen-bond acceptors (Lipinski definition) is 7. The van der Waals surface area contributed by atoms with Gasteiger partial charge in [0.1, 0.15) is 12.3 Å². The maximum absolute atomic E-state index is 13.3. The number of ether oxygens (including phenoxy) is 2. The lowest BCUT2D eigenvalue weighted by molar-refractivity contribution is -0.119. The monoisotopic (exact) mass is 561 g/mol. The van der Waals surface area contributed by atoms with E-state index in [1.54, 1.807) is 48.5 Å². The van der Waals surface area contributed by atoms with E-state index in [1.165, 1.54) is 31.5 Å². The van der Waals surface area contributed by atoms with Crippen LogP contribution in [0.5, 0.6) is 17.2 Å². The van der Waals surface area contributed by atoms with Crippen LogP contribution in [-0.2, 0) is 14.8 Å². The number of benzene rings is 3. The molecule has 9 nitrogen and oxygen atoms in total. The molecule has 0 unspecified atom stereocenters. The summed E-state index contributed by atoms with van der Waals surface area (Å²) in [5, 5.41) is 13.8. The summed E-state index contributed by atoms with van der Waals surface area (Å²) in [6, 6.07) is 17.4. The molecule has 11 heteroatoms. The Balaban J connectivity index is 1.83. The van der Waals surface area contributed by atoms with E-state index in [1.807, 2.05) is 6.92 Å². The van der Waals surface area contributed by atoms with Gasteiger partial charge in [0.05, 0.1) is 35.0 Å². The minimum absolute atomic E-state index is 0.0474. The summed E-state index contributed by atoms with van der Waals surface area (Å²) >= 11 is 3.21. The van der Waals surface area contributed by atoms with Gasteiger partial charge in [-0.2, -0.15) is 5.10 Å². The standard InChI is InChI=1S/C24H24BrN3O6S/c1-3-34-19-11-9-18(10-12-19)28(35(31,32)20-7-5-4-6-8-20)16-23(29)27-26-15-17-13-21(25)24(30)22(14-17)33-2/h4-15,30H,3,16H2,1-2H3,(H,27,29)/b26-15-. The third-order valence-electron chi connectivity index (χ3n) is 4.73. The Morgan fingerprint density at radius 1 is 1.14 bits per heavy atom. The first-order valence-electron chi connectivity index (χ1n) is 10.4. The van der Waals surface area contributed by atoms with Crippen LogP contribution in [-0.4, -0.2) is 45.9 Å². The number of anilines is 1. The van der Waals surface area contributed by atoms with E-state index < -0.39 is 22.5 Å². The number of sulfonamides is 1. The number of halogens is 1. The number of aromatic hydroxyl groups is 1. The lowest BCUT2D eigenvalue weighted by atomic mass is 10.2. The molecule has 1 amide bonds. The first-order chi connectivity index (χ1) is 16.8. The number of nitrogens with one attached hydrogen (secondary N) is 1. The predicted octanol–water partition coefficient (Wildman–Crippen LogP) is 3.91. The third-order valence-corrected chi connectivity index (χ3v) is 7.12. The van der Waals surface area contributed by atoms with Crippen LogP contribution < -0.4 is 19.2 Å². The quantitative estimate of drug-likeness (QED) is 0.286. The molecule has 0 aliphatic carbocycles. The Kier molecular flexibility index (Phi) is 8.72. The van der Waals surface area contributed by atoms with Crippen molar-refractivity contribution < 1.29 is 27.8 Å². The highest BCUT2D eigenvalue weighted by Crippen LogP contribution is 2.34. The first kappa shape index (κ1) is 26.0. The normalized spacial score (nSPS) is 11.3. The topological polar surface area (TPSA) is 118 Å². The highest BCUT2D eigenvalue weighted by atomic mass is 79.9. The molecule has 0 saturated carbocycles. The molecule has 0 spiro atoms. The zero-order valence-electron chi connectivity index (χ0n) is 19.0. The van der Waals surface area contributed by atoms with Crippen molar-refractivity contribution in [2.24, 2.45) is 5.10 Å². The van der Waals surface area contributed by atoms with Crippen molar-refractivity contribution in [3.63, 3.8) is 0 Å². The Hall–Kier alpha value is -3.57. The van der Waals surface area contributed by atoms with Crippen molar-refractivity contribution in [1.29, 1.82) is 0 Å². The van der Waals surface area contributed by atoms with Gasteiger partial charge in [-0.25, -0.2) is 13.8 Å². The van der Waals surface area contributed by atoms with Crippen molar-refractivity contribution in [2.75, 3.05) is 24.6 Å². The van der Waals surface area contributed by atoms with Crippen molar-refractivity contribution in [3.05, 3.63) is 76.8 Å². The molecule has 3 aromatic carbocycles. The molecule has 3 rings (SSSR count). The fraction of sp³-hybridized carbons (Fsp3) is 0.167. The molecular formula is C24H24BrN3O6S. The highest BCUT2D eigenvalue weighted by Gasteiger charge is 2.27. The summed E-state index contributed by atoms with van der Waals surface area (Å²) in [6.45, 7) is 1.80. The van der Waals surface area contributed by atoms with E-state index in [0.29, 0.717) is 28.1 Å². The maximum Gasteiger partial charge on any atom is 0.264 e. The molecule has 184 valence electrons. The molecule has 0 radical (unpaired) electrons. The van der Waals surface area contributed by atoms with Crippen LogP contribution in [0.1, 0.15) is 12.5 Å². The zero-order chi connectivity index (χ0) is 25.4. The lowest BCUT2D eigenvalue weighted by Gasteiger charge is -2.24. The van der Waals surface area contributed by atoms with Gasteiger partial charge in [0.15, 0.2) is 11.5 Å². The van der Waals surface area contributed by atoms with Gasteiger partial charge >= 0.3 is 0 Å². The van der Waals surface area contributed by atoms with Crippen molar-refractivity contribution >= 4 is 43.8 Å². The number of phenolic OH excluding ortho intramolecular Hbond substituents is 1. The van der Waals surface area contributed by atoms with E-state index >= 15 is 0 Å². The fourth-order valence-corrected chi connectivity index (χ4v) is 4.98. The molecule has 3 aromatic rings. The summed E-state index contributed by atoms with van der Waals surface area (Å²) in [4.78, 5) is 12.7. The molecule has 0 saturated heterocycles. The van der Waals surface area contributed by atoms with Crippen molar-refractivity contribution in [3.8, 4) is 17.2 Å². The minimum Gasteiger partial charge on any atom is -0.503 e. The van der Waals surface area contributed by atoms with E-state index in [-0.39, 0.29) is 16.4 Å². The van der Waals surface area contributed by atoms with Gasteiger partial charge in [0, 0.05) is 0 Å². The van der Waals surface area contributed by atoms with Crippen LogP contribution in [0.25, 0.3) is 0 Å². The predicted molar refractivity (Wildman–Crippen MR) is 137 cm³/mol. The zero-order valence-corrected chi connectivity index (χ0v) is 21.4. The number of amides is 1. The van der Waals surface area contributed by atoms with Crippen LogP contribution in [0.2, 0.25) is 0 Å². The van der Waals surface area contributed by atoms with Gasteiger partial charge in [0.2, 0.25) is 0 Å². The molecule has 0 heterocycles. The van der Waals surface area contributed by atoms with Gasteiger partial charge in [0.25, 0.3) is 15.9 Å². The molecule has 0 bridgehead atoms. The number of carbonyl (C=O) groups is 1. The number of phenols is 1. The molecule has 0 aliphatic heterocycles. The largest absolute Gasteiger partial charge is 0.503 e. The summed E-state index contributed by atoms with van der Waals surface area (Å²) < 4.78 is 38.6. The number of rotatable bonds is 10. The first-order valence-corrected chi connectivity index (χ1v) is 12.7. The second kappa shape index (κ2) is 11.7. The minimum atomic E-state index is -4.04. The summed E-state index contributed by atoms with van der Waals surface area (Å²) in [6.07, 6.45) is 1.34. The average molecular weight is 562 g/mol. The van der Waals surface area contributed by atoms with Gasteiger partial charge in [-0.05, 0) is 76.9 Å². The summed E-state index contributed by atoms with van der Waals surface area (Å²) in [5.74, 6) is 0.0888. The van der Waals surface area contributed by atoms with Crippen LogP contribution in [0.15, 0.2) is 81.2 Å². The number of methoxy groups -OCH3 is 1. The molecule has 0 fully saturated rings. The van der Waals surface area contributed by atoms with Crippen molar-refractivity contribution in [2.45, 2.75) is 11.8 Å². The second-order valence-corrected chi connectivity index (χ2v) is 9.82. The number of carbonyl (C=O) groups excluding carboxylic acids is 1. The van der Waals surface area contributed by atoms with E-state index in [4.69, 9.17) is 9.47 Å². The highest BCUT2D eigenvalue weighted by molar-refractivity contribution is 9.10. The molecule has 0 aromatic heterocycles. The van der Waals surface area contributed by atoms with E-state index in [0.717, 1.165) is 4.31 Å². The molecule has 0 atom stereocenters. The van der Waals surface area contributed by atoms with Crippen LogP contribution in [0.3, 0.4) is 0 Å². The SMILES string of the molecule is CCOc1ccc(N(CC(=O)N/N=C\c2cc(Br)c(O)c(OC)c2)S(=O)(=O)c2ccccc2)cc1. The van der Waals surface area contributed by atoms with Gasteiger partial charge < -0.3 is 14.6 Å².